The first-order valence-corrected chi connectivity index (χ1v) is 5.52. The number of carbonyl (C=O) groups excluding carboxylic acids is 1. The van der Waals surface area contributed by atoms with Crippen LogP contribution in [0.4, 0.5) is 5.82 Å². The molecule has 1 atom stereocenters. The topological polar surface area (TPSA) is 76.0 Å². The molecule has 0 aliphatic carbocycles. The molecule has 0 saturated carbocycles. The minimum atomic E-state index is -0.497. The van der Waals surface area contributed by atoms with Crippen molar-refractivity contribution >= 4 is 11.7 Å². The highest BCUT2D eigenvalue weighted by Crippen LogP contribution is 2.02. The van der Waals surface area contributed by atoms with Gasteiger partial charge < -0.3 is 15.2 Å². The van der Waals surface area contributed by atoms with Crippen LogP contribution in [0.15, 0.2) is 17.2 Å². The molecule has 1 aromatic rings. The summed E-state index contributed by atoms with van der Waals surface area (Å²) in [7, 11) is 1.55. The zero-order valence-corrected chi connectivity index (χ0v) is 10.5. The van der Waals surface area contributed by atoms with E-state index in [2.05, 4.69) is 15.6 Å². The van der Waals surface area contributed by atoms with Crippen LogP contribution in [0.3, 0.4) is 0 Å². The van der Waals surface area contributed by atoms with Gasteiger partial charge in [-0.2, -0.15) is 0 Å². The van der Waals surface area contributed by atoms with Crippen molar-refractivity contribution in [2.45, 2.75) is 32.9 Å². The van der Waals surface area contributed by atoms with E-state index in [1.807, 2.05) is 13.8 Å². The van der Waals surface area contributed by atoms with Gasteiger partial charge in [-0.05, 0) is 20.8 Å². The smallest absolute Gasteiger partial charge is 0.293 e. The Morgan fingerprint density at radius 2 is 2.06 bits per heavy atom. The van der Waals surface area contributed by atoms with Gasteiger partial charge >= 0.3 is 0 Å². The van der Waals surface area contributed by atoms with Gasteiger partial charge in [-0.25, -0.2) is 4.98 Å². The molecule has 0 aromatic carbocycles. The van der Waals surface area contributed by atoms with Crippen molar-refractivity contribution in [3.8, 4) is 0 Å². The Morgan fingerprint density at radius 3 is 2.59 bits per heavy atom. The molecule has 1 rings (SSSR count). The zero-order valence-electron chi connectivity index (χ0n) is 10.5. The number of likely N-dealkylation sites (N-methyl/N-ethyl adjacent to an activating group) is 1. The maximum atomic E-state index is 12.0. The molecule has 17 heavy (non-hydrogen) atoms. The van der Waals surface area contributed by atoms with Crippen molar-refractivity contribution in [2.24, 2.45) is 0 Å². The van der Waals surface area contributed by atoms with Gasteiger partial charge in [0.2, 0.25) is 5.91 Å². The maximum Gasteiger partial charge on any atom is 0.293 e. The molecular formula is C11H18N4O2. The van der Waals surface area contributed by atoms with E-state index in [1.54, 1.807) is 30.9 Å². The molecule has 0 aliphatic rings. The first-order valence-electron chi connectivity index (χ1n) is 5.52. The van der Waals surface area contributed by atoms with Crippen molar-refractivity contribution in [1.82, 2.24) is 14.9 Å². The van der Waals surface area contributed by atoms with Crippen molar-refractivity contribution in [3.63, 3.8) is 0 Å². The van der Waals surface area contributed by atoms with Gasteiger partial charge in [-0.1, -0.05) is 0 Å². The Kier molecular flexibility index (Phi) is 4.25. The molecule has 0 bridgehead atoms. The van der Waals surface area contributed by atoms with E-state index in [4.69, 9.17) is 0 Å². The normalized spacial score (nSPS) is 12.3. The molecule has 6 nitrogen and oxygen atoms in total. The second-order valence-electron chi connectivity index (χ2n) is 4.06. The maximum absolute atomic E-state index is 12.0. The molecule has 6 heteroatoms. The van der Waals surface area contributed by atoms with Crippen molar-refractivity contribution < 1.29 is 4.79 Å². The molecule has 94 valence electrons. The summed E-state index contributed by atoms with van der Waals surface area (Å²) in [6.07, 6.45) is 3.17. The van der Waals surface area contributed by atoms with Gasteiger partial charge in [-0.3, -0.25) is 9.59 Å². The van der Waals surface area contributed by atoms with Gasteiger partial charge in [0.1, 0.15) is 6.04 Å². The third-order valence-electron chi connectivity index (χ3n) is 2.42. The number of anilines is 1. The van der Waals surface area contributed by atoms with Crippen LogP contribution in [0.2, 0.25) is 0 Å². The number of aromatic nitrogens is 2. The molecule has 0 spiro atoms. The summed E-state index contributed by atoms with van der Waals surface area (Å²) >= 11 is 0. The Balaban J connectivity index is 2.97. The first-order chi connectivity index (χ1) is 7.97. The fraction of sp³-hybridized carbons (Fsp3) is 0.545. The van der Waals surface area contributed by atoms with E-state index in [0.717, 1.165) is 0 Å². The van der Waals surface area contributed by atoms with Gasteiger partial charge in [0, 0.05) is 25.5 Å². The molecule has 1 amide bonds. The first kappa shape index (κ1) is 13.2. The summed E-state index contributed by atoms with van der Waals surface area (Å²) in [5, 5.41) is 5.30. The van der Waals surface area contributed by atoms with Crippen LogP contribution in [0, 0.1) is 0 Å². The fourth-order valence-electron chi connectivity index (χ4n) is 1.42. The Hall–Kier alpha value is -1.85. The van der Waals surface area contributed by atoms with Crippen LogP contribution in [0.1, 0.15) is 26.8 Å². The lowest BCUT2D eigenvalue weighted by molar-refractivity contribution is -0.121. The van der Waals surface area contributed by atoms with E-state index in [-0.39, 0.29) is 23.3 Å². The predicted octanol–water partition coefficient (Wildman–Crippen LogP) is 0.371. The number of nitrogens with one attached hydrogen (secondary N) is 2. The third kappa shape index (κ3) is 3.05. The molecule has 0 aliphatic heterocycles. The quantitative estimate of drug-likeness (QED) is 0.794. The zero-order chi connectivity index (χ0) is 13.0. The Morgan fingerprint density at radius 1 is 1.41 bits per heavy atom. The highest BCUT2D eigenvalue weighted by atomic mass is 16.2. The Labute approximate surface area is 100 Å². The largest absolute Gasteiger partial charge is 0.357 e. The summed E-state index contributed by atoms with van der Waals surface area (Å²) < 4.78 is 1.56. The Bertz CT molecular complexity index is 453. The third-order valence-corrected chi connectivity index (χ3v) is 2.42. The van der Waals surface area contributed by atoms with Crippen molar-refractivity contribution in [2.75, 3.05) is 12.4 Å². The van der Waals surface area contributed by atoms with E-state index >= 15 is 0 Å². The SMILES string of the molecule is CNC(=O)C(C)Nc1nccn(C(C)C)c1=O. The molecule has 0 fully saturated rings. The number of hydrogen-bond acceptors (Lipinski definition) is 4. The number of rotatable bonds is 4. The number of amides is 1. The molecule has 1 aromatic heterocycles. The monoisotopic (exact) mass is 238 g/mol. The molecule has 0 radical (unpaired) electrons. The van der Waals surface area contributed by atoms with Crippen molar-refractivity contribution in [1.29, 1.82) is 0 Å². The summed E-state index contributed by atoms with van der Waals surface area (Å²) in [5.74, 6) is 0.00319. The van der Waals surface area contributed by atoms with Gasteiger partial charge in [0.15, 0.2) is 5.82 Å². The second-order valence-corrected chi connectivity index (χ2v) is 4.06. The van der Waals surface area contributed by atoms with Crippen LogP contribution in [0.5, 0.6) is 0 Å². The summed E-state index contributed by atoms with van der Waals surface area (Å²) in [5.41, 5.74) is -0.224. The van der Waals surface area contributed by atoms with E-state index in [9.17, 15) is 9.59 Å². The minimum Gasteiger partial charge on any atom is -0.357 e. The fourth-order valence-corrected chi connectivity index (χ4v) is 1.42. The van der Waals surface area contributed by atoms with Gasteiger partial charge in [0.05, 0.1) is 0 Å². The van der Waals surface area contributed by atoms with Crippen LogP contribution >= 0.6 is 0 Å². The number of carbonyl (C=O) groups is 1. The van der Waals surface area contributed by atoms with Crippen LogP contribution in [-0.4, -0.2) is 28.5 Å². The predicted molar refractivity (Wildman–Crippen MR) is 66.0 cm³/mol. The van der Waals surface area contributed by atoms with Crippen LogP contribution in [0.25, 0.3) is 0 Å². The number of hydrogen-bond donors (Lipinski definition) is 2. The average molecular weight is 238 g/mol. The van der Waals surface area contributed by atoms with Gasteiger partial charge in [0.25, 0.3) is 5.56 Å². The van der Waals surface area contributed by atoms with Crippen LogP contribution in [-0.2, 0) is 4.79 Å². The summed E-state index contributed by atoms with van der Waals surface area (Å²) in [6, 6.07) is -0.440. The molecular weight excluding hydrogens is 220 g/mol. The highest BCUT2D eigenvalue weighted by Gasteiger charge is 2.14. The second kappa shape index (κ2) is 5.47. The summed E-state index contributed by atoms with van der Waals surface area (Å²) in [4.78, 5) is 27.3. The van der Waals surface area contributed by atoms with E-state index in [1.165, 1.54) is 0 Å². The standard InChI is InChI=1S/C11H18N4O2/c1-7(2)15-6-5-13-9(11(15)17)14-8(3)10(16)12-4/h5-8H,1-4H3,(H,12,16)(H,13,14). The van der Waals surface area contributed by atoms with Gasteiger partial charge in [-0.15, -0.1) is 0 Å². The molecule has 0 saturated heterocycles. The number of nitrogens with zero attached hydrogens (tertiary/aromatic N) is 2. The lowest BCUT2D eigenvalue weighted by atomic mass is 10.3. The average Bonchev–Trinajstić information content (AvgIpc) is 2.30. The molecule has 1 heterocycles. The van der Waals surface area contributed by atoms with Crippen LogP contribution < -0.4 is 16.2 Å². The summed E-state index contributed by atoms with van der Waals surface area (Å²) in [6.45, 7) is 5.49. The van der Waals surface area contributed by atoms with E-state index in [0.29, 0.717) is 0 Å². The lowest BCUT2D eigenvalue weighted by Gasteiger charge is -2.15. The lowest BCUT2D eigenvalue weighted by Crippen LogP contribution is -2.38. The minimum absolute atomic E-state index is 0.0568. The highest BCUT2D eigenvalue weighted by molar-refractivity contribution is 5.83. The van der Waals surface area contributed by atoms with E-state index < -0.39 is 6.04 Å². The molecule has 1 unspecified atom stereocenters. The molecule has 2 N–H and O–H groups in total. The van der Waals surface area contributed by atoms with Crippen molar-refractivity contribution in [3.05, 3.63) is 22.7 Å².